The largest absolute Gasteiger partial charge is 0.493 e. The summed E-state index contributed by atoms with van der Waals surface area (Å²) in [6.07, 6.45) is -1.72. The van der Waals surface area contributed by atoms with Crippen LogP contribution in [0.4, 0.5) is 5.95 Å². The van der Waals surface area contributed by atoms with Gasteiger partial charge in [0.1, 0.15) is 12.2 Å². The SMILES string of the molecule is Nc1nc(O)c2ccn([C@@H]3O[C@H](CO)C(O)C3(Cl)Cl)c2n1. The Balaban J connectivity index is 2.13. The molecular weight excluding hydrogens is 323 g/mol. The molecule has 1 saturated heterocycles. The zero-order valence-corrected chi connectivity index (χ0v) is 12.0. The summed E-state index contributed by atoms with van der Waals surface area (Å²) in [4.78, 5) is 7.65. The third-order valence-electron chi connectivity index (χ3n) is 3.38. The van der Waals surface area contributed by atoms with Gasteiger partial charge >= 0.3 is 0 Å². The number of ether oxygens (including phenoxy) is 1. The van der Waals surface area contributed by atoms with Crippen LogP contribution < -0.4 is 5.73 Å². The van der Waals surface area contributed by atoms with Crippen LogP contribution in [0.25, 0.3) is 11.0 Å². The molecule has 1 unspecified atom stereocenters. The van der Waals surface area contributed by atoms with Crippen molar-refractivity contribution in [1.82, 2.24) is 14.5 Å². The molecule has 2 aromatic rings. The third kappa shape index (κ3) is 2.11. The van der Waals surface area contributed by atoms with Crippen LogP contribution >= 0.6 is 23.2 Å². The summed E-state index contributed by atoms with van der Waals surface area (Å²) in [6, 6.07) is 1.54. The molecule has 1 aliphatic rings. The van der Waals surface area contributed by atoms with Crippen molar-refractivity contribution in [2.24, 2.45) is 0 Å². The van der Waals surface area contributed by atoms with Gasteiger partial charge in [-0.05, 0) is 6.07 Å². The maximum absolute atomic E-state index is 10.00. The number of hydrogen-bond donors (Lipinski definition) is 4. The van der Waals surface area contributed by atoms with Crippen molar-refractivity contribution >= 4 is 40.2 Å². The van der Waals surface area contributed by atoms with Gasteiger partial charge in [-0.15, -0.1) is 0 Å². The molecule has 10 heteroatoms. The second kappa shape index (κ2) is 4.85. The number of nitrogens with two attached hydrogens (primary N) is 1. The number of anilines is 1. The first kappa shape index (κ1) is 14.6. The van der Waals surface area contributed by atoms with Crippen LogP contribution in [0.1, 0.15) is 6.23 Å². The van der Waals surface area contributed by atoms with Crippen LogP contribution in [0.2, 0.25) is 0 Å². The maximum atomic E-state index is 10.00. The highest BCUT2D eigenvalue weighted by molar-refractivity contribution is 6.49. The lowest BCUT2D eigenvalue weighted by atomic mass is 10.2. The molecule has 8 nitrogen and oxygen atoms in total. The van der Waals surface area contributed by atoms with Crippen LogP contribution in [0.3, 0.4) is 0 Å². The Morgan fingerprint density at radius 1 is 1.43 bits per heavy atom. The predicted octanol–water partition coefficient (Wildman–Crippen LogP) is 0.144. The van der Waals surface area contributed by atoms with Crippen molar-refractivity contribution in [3.63, 3.8) is 0 Å². The van der Waals surface area contributed by atoms with Gasteiger partial charge in [-0.25, -0.2) is 0 Å². The molecule has 3 heterocycles. The summed E-state index contributed by atoms with van der Waals surface area (Å²) < 4.78 is 5.21. The highest BCUT2D eigenvalue weighted by Gasteiger charge is 2.55. The molecule has 0 aromatic carbocycles. The highest BCUT2D eigenvalue weighted by atomic mass is 35.5. The number of aliphatic hydroxyl groups is 2. The molecule has 3 atom stereocenters. The first-order valence-corrected chi connectivity index (χ1v) is 6.77. The van der Waals surface area contributed by atoms with E-state index in [0.717, 1.165) is 0 Å². The Morgan fingerprint density at radius 2 is 2.14 bits per heavy atom. The number of alkyl halides is 2. The van der Waals surface area contributed by atoms with E-state index in [1.807, 2.05) is 0 Å². The van der Waals surface area contributed by atoms with Crippen LogP contribution in [0.5, 0.6) is 5.88 Å². The van der Waals surface area contributed by atoms with Gasteiger partial charge in [-0.3, -0.25) is 0 Å². The van der Waals surface area contributed by atoms with Gasteiger partial charge in [0.15, 0.2) is 16.2 Å². The zero-order chi connectivity index (χ0) is 15.4. The van der Waals surface area contributed by atoms with Gasteiger partial charge in [0.05, 0.1) is 12.0 Å². The molecule has 1 fully saturated rings. The number of halogens is 2. The molecule has 5 N–H and O–H groups in total. The lowest BCUT2D eigenvalue weighted by Crippen LogP contribution is -2.37. The van der Waals surface area contributed by atoms with E-state index in [1.165, 1.54) is 16.8 Å². The Morgan fingerprint density at radius 3 is 2.76 bits per heavy atom. The summed E-state index contributed by atoms with van der Waals surface area (Å²) in [6.45, 7) is -0.444. The van der Waals surface area contributed by atoms with Gasteiger partial charge in [-0.1, -0.05) is 23.2 Å². The number of aliphatic hydroxyl groups excluding tert-OH is 2. The molecule has 3 rings (SSSR count). The first-order chi connectivity index (χ1) is 9.86. The fourth-order valence-electron chi connectivity index (χ4n) is 2.34. The summed E-state index contributed by atoms with van der Waals surface area (Å²) >= 11 is 12.3. The fourth-order valence-corrected chi connectivity index (χ4v) is 2.94. The van der Waals surface area contributed by atoms with E-state index in [9.17, 15) is 15.3 Å². The molecule has 0 bridgehead atoms. The molecule has 21 heavy (non-hydrogen) atoms. The molecule has 1 aliphatic heterocycles. The number of nitrogens with zero attached hydrogens (tertiary/aromatic N) is 3. The number of aromatic nitrogens is 3. The number of aromatic hydroxyl groups is 1. The van der Waals surface area contributed by atoms with Gasteiger partial charge < -0.3 is 30.4 Å². The number of fused-ring (bicyclic) bond motifs is 1. The van der Waals surface area contributed by atoms with Crippen molar-refractivity contribution in [2.45, 2.75) is 22.8 Å². The molecule has 0 aliphatic carbocycles. The Hall–Kier alpha value is -1.32. The van der Waals surface area contributed by atoms with Crippen LogP contribution in [-0.4, -0.2) is 53.0 Å². The van der Waals surface area contributed by atoms with Gasteiger partial charge in [0.25, 0.3) is 0 Å². The summed E-state index contributed by atoms with van der Waals surface area (Å²) in [7, 11) is 0. The minimum Gasteiger partial charge on any atom is -0.493 e. The first-order valence-electron chi connectivity index (χ1n) is 6.01. The number of rotatable bonds is 2. The molecule has 0 saturated carbocycles. The second-order valence-electron chi connectivity index (χ2n) is 4.69. The summed E-state index contributed by atoms with van der Waals surface area (Å²) in [5.41, 5.74) is 5.76. The molecule has 114 valence electrons. The van der Waals surface area contributed by atoms with E-state index in [1.54, 1.807) is 0 Å². The van der Waals surface area contributed by atoms with E-state index in [4.69, 9.17) is 33.7 Å². The van der Waals surface area contributed by atoms with Gasteiger partial charge in [-0.2, -0.15) is 9.97 Å². The van der Waals surface area contributed by atoms with E-state index in [-0.39, 0.29) is 17.5 Å². The second-order valence-corrected chi connectivity index (χ2v) is 6.14. The van der Waals surface area contributed by atoms with E-state index in [2.05, 4.69) is 9.97 Å². The minimum absolute atomic E-state index is 0.132. The molecular formula is C11H12Cl2N4O4. The zero-order valence-electron chi connectivity index (χ0n) is 10.5. The van der Waals surface area contributed by atoms with Crippen molar-refractivity contribution in [1.29, 1.82) is 0 Å². The average Bonchev–Trinajstić information content (AvgIpc) is 2.91. The van der Waals surface area contributed by atoms with E-state index < -0.39 is 29.4 Å². The smallest absolute Gasteiger partial charge is 0.225 e. The van der Waals surface area contributed by atoms with Crippen molar-refractivity contribution in [2.75, 3.05) is 12.3 Å². The predicted molar refractivity (Wildman–Crippen MR) is 75.0 cm³/mol. The van der Waals surface area contributed by atoms with Crippen LogP contribution in [-0.2, 0) is 4.74 Å². The monoisotopic (exact) mass is 334 g/mol. The fraction of sp³-hybridized carbons (Fsp3) is 0.455. The van der Waals surface area contributed by atoms with E-state index in [0.29, 0.717) is 5.39 Å². The normalized spacial score (nSPS) is 28.3. The Bertz CT molecular complexity index is 692. The van der Waals surface area contributed by atoms with Crippen molar-refractivity contribution in [3.8, 4) is 5.88 Å². The lowest BCUT2D eigenvalue weighted by Gasteiger charge is -2.24. The van der Waals surface area contributed by atoms with Crippen LogP contribution in [0.15, 0.2) is 12.3 Å². The lowest BCUT2D eigenvalue weighted by molar-refractivity contribution is -0.0432. The molecule has 2 aromatic heterocycles. The minimum atomic E-state index is -1.70. The summed E-state index contributed by atoms with van der Waals surface area (Å²) in [5, 5.41) is 29.3. The quantitative estimate of drug-likeness (QED) is 0.575. The van der Waals surface area contributed by atoms with Crippen molar-refractivity contribution in [3.05, 3.63) is 12.3 Å². The number of hydrogen-bond acceptors (Lipinski definition) is 7. The van der Waals surface area contributed by atoms with Crippen molar-refractivity contribution < 1.29 is 20.1 Å². The third-order valence-corrected chi connectivity index (χ3v) is 4.20. The maximum Gasteiger partial charge on any atom is 0.225 e. The van der Waals surface area contributed by atoms with E-state index >= 15 is 0 Å². The average molecular weight is 335 g/mol. The molecule has 0 amide bonds. The Kier molecular flexibility index (Phi) is 3.38. The number of nitrogen functional groups attached to an aromatic ring is 1. The van der Waals surface area contributed by atoms with Gasteiger partial charge in [0, 0.05) is 6.20 Å². The summed E-state index contributed by atoms with van der Waals surface area (Å²) in [5.74, 6) is -0.421. The molecule has 0 radical (unpaired) electrons. The molecule has 0 spiro atoms. The Labute approximate surface area is 128 Å². The van der Waals surface area contributed by atoms with Crippen LogP contribution in [0, 0.1) is 0 Å². The standard InChI is InChI=1S/C11H12Cl2N4O4/c12-11(13)6(19)5(3-18)21-9(11)17-2-1-4-7(17)15-10(14)16-8(4)20/h1-2,5-6,9,18-19H,3H2,(H3,14,15,16,20)/t5-,6?,9-/m1/s1. The van der Waals surface area contributed by atoms with Gasteiger partial charge in [0.2, 0.25) is 11.8 Å². The topological polar surface area (TPSA) is 127 Å². The highest BCUT2D eigenvalue weighted by Crippen LogP contribution is 2.47.